The van der Waals surface area contributed by atoms with Crippen LogP contribution in [0.3, 0.4) is 0 Å². The van der Waals surface area contributed by atoms with Crippen LogP contribution < -0.4 is 21.1 Å². The van der Waals surface area contributed by atoms with Crippen molar-refractivity contribution < 1.29 is 24.2 Å². The number of benzene rings is 3. The van der Waals surface area contributed by atoms with Crippen molar-refractivity contribution in [1.29, 1.82) is 0 Å². The molecule has 1 aliphatic heterocycles. The molecule has 1 aromatic heterocycles. The van der Waals surface area contributed by atoms with Crippen molar-refractivity contribution >= 4 is 34.8 Å². The molecule has 1 aliphatic rings. The van der Waals surface area contributed by atoms with Gasteiger partial charge in [0.2, 0.25) is 0 Å². The van der Waals surface area contributed by atoms with E-state index in [1.807, 2.05) is 45.2 Å². The Bertz CT molecular complexity index is 1710. The first-order valence-corrected chi connectivity index (χ1v) is 15.5. The molecule has 0 radical (unpaired) electrons. The first-order valence-electron chi connectivity index (χ1n) is 15.5. The smallest absolute Gasteiger partial charge is 0.258 e. The number of likely N-dealkylation sites (N-methyl/N-ethyl adjacent to an activating group) is 1. The van der Waals surface area contributed by atoms with Crippen LogP contribution in [-0.2, 0) is 6.54 Å². The Morgan fingerprint density at radius 3 is 2.40 bits per heavy atom. The minimum Gasteiger partial charge on any atom is -0.488 e. The van der Waals surface area contributed by atoms with Crippen LogP contribution in [0, 0.1) is 5.92 Å². The number of ether oxygens (including phenoxy) is 1. The summed E-state index contributed by atoms with van der Waals surface area (Å²) in [5.74, 6) is -0.499. The van der Waals surface area contributed by atoms with Gasteiger partial charge in [-0.25, -0.2) is 0 Å². The lowest BCUT2D eigenvalue weighted by atomic mass is 9.99. The molecule has 0 fully saturated rings. The quantitative estimate of drug-likeness (QED) is 0.186. The molecule has 0 saturated carbocycles. The van der Waals surface area contributed by atoms with E-state index in [9.17, 15) is 19.5 Å². The van der Waals surface area contributed by atoms with Gasteiger partial charge in [-0.05, 0) is 74.1 Å². The lowest BCUT2D eigenvalue weighted by Crippen LogP contribution is -2.49. The second kappa shape index (κ2) is 14.9. The van der Waals surface area contributed by atoms with Crippen molar-refractivity contribution in [2.75, 3.05) is 43.1 Å². The third kappa shape index (κ3) is 8.13. The Hall–Kier alpha value is -5.26. The van der Waals surface area contributed by atoms with Crippen LogP contribution in [0.2, 0.25) is 0 Å². The first-order chi connectivity index (χ1) is 22.6. The predicted molar refractivity (Wildman–Crippen MR) is 181 cm³/mol. The Morgan fingerprint density at radius 1 is 1.02 bits per heavy atom. The number of hydrogen-bond donors (Lipinski definition) is 4. The second-order valence-electron chi connectivity index (χ2n) is 12.0. The average molecular weight is 637 g/mol. The molecule has 2 heterocycles. The zero-order valence-electron chi connectivity index (χ0n) is 26.7. The number of aliphatic hydroxyl groups excluding tert-OH is 1. The SMILES string of the molecule is C[C@@H]1CN([C@H](C)CO)C(=O)c2cc(NC(=O)c3ccncc3)ccc2O[C@H]1CN(C)Cc1ccc(C(=O)Nc2ccccc2N)cc1. The van der Waals surface area contributed by atoms with Gasteiger partial charge in [-0.15, -0.1) is 0 Å². The maximum Gasteiger partial charge on any atom is 0.258 e. The van der Waals surface area contributed by atoms with E-state index in [0.29, 0.717) is 59.1 Å². The highest BCUT2D eigenvalue weighted by Gasteiger charge is 2.33. The van der Waals surface area contributed by atoms with Crippen LogP contribution in [0.15, 0.2) is 91.3 Å². The van der Waals surface area contributed by atoms with E-state index >= 15 is 0 Å². The molecule has 47 heavy (non-hydrogen) atoms. The summed E-state index contributed by atoms with van der Waals surface area (Å²) < 4.78 is 6.52. The average Bonchev–Trinajstić information content (AvgIpc) is 3.08. The molecule has 0 bridgehead atoms. The number of rotatable bonds is 10. The van der Waals surface area contributed by atoms with Gasteiger partial charge in [0.25, 0.3) is 17.7 Å². The standard InChI is InChI=1S/C36H40N6O5/c1-23-19-42(24(2)22-43)36(46)29-18-28(39-34(44)27-14-16-38-17-15-27)12-13-32(29)47-33(23)21-41(3)20-25-8-10-26(11-9-25)35(45)40-31-7-5-4-6-30(31)37/h4-18,23-24,33,43H,19-22,37H2,1-3H3,(H,39,44)(H,40,45)/t23-,24-,33+/m1/s1. The molecule has 3 aromatic carbocycles. The fourth-order valence-electron chi connectivity index (χ4n) is 5.48. The summed E-state index contributed by atoms with van der Waals surface area (Å²) in [5.41, 5.74) is 9.76. The summed E-state index contributed by atoms with van der Waals surface area (Å²) in [4.78, 5) is 47.1. The highest BCUT2D eigenvalue weighted by Crippen LogP contribution is 2.31. The molecule has 5 rings (SSSR count). The molecular formula is C36H40N6O5. The largest absolute Gasteiger partial charge is 0.488 e. The van der Waals surface area contributed by atoms with Crippen LogP contribution in [0.4, 0.5) is 17.1 Å². The monoisotopic (exact) mass is 636 g/mol. The van der Waals surface area contributed by atoms with Gasteiger partial charge in [-0.2, -0.15) is 0 Å². The van der Waals surface area contributed by atoms with Crippen molar-refractivity contribution in [3.05, 3.63) is 114 Å². The number of amides is 3. The van der Waals surface area contributed by atoms with Gasteiger partial charge in [-0.1, -0.05) is 31.2 Å². The Labute approximate surface area is 274 Å². The molecule has 3 atom stereocenters. The molecule has 3 amide bonds. The molecule has 5 N–H and O–H groups in total. The summed E-state index contributed by atoms with van der Waals surface area (Å²) in [5, 5.41) is 15.7. The van der Waals surface area contributed by atoms with E-state index in [4.69, 9.17) is 10.5 Å². The first kappa shape index (κ1) is 33.1. The number of hydrogen-bond acceptors (Lipinski definition) is 8. The summed E-state index contributed by atoms with van der Waals surface area (Å²) >= 11 is 0. The third-order valence-electron chi connectivity index (χ3n) is 8.23. The van der Waals surface area contributed by atoms with Crippen LogP contribution in [0.1, 0.15) is 50.5 Å². The molecular weight excluding hydrogens is 596 g/mol. The van der Waals surface area contributed by atoms with Crippen LogP contribution >= 0.6 is 0 Å². The Balaban J connectivity index is 1.30. The highest BCUT2D eigenvalue weighted by atomic mass is 16.5. The van der Waals surface area contributed by atoms with E-state index in [0.717, 1.165) is 5.56 Å². The fraction of sp³-hybridized carbons (Fsp3) is 0.278. The summed E-state index contributed by atoms with van der Waals surface area (Å²) in [7, 11) is 1.99. The van der Waals surface area contributed by atoms with Gasteiger partial charge in [0.05, 0.1) is 29.6 Å². The Morgan fingerprint density at radius 2 is 1.70 bits per heavy atom. The lowest BCUT2D eigenvalue weighted by molar-refractivity contribution is 0.0341. The van der Waals surface area contributed by atoms with Gasteiger partial charge < -0.3 is 31.1 Å². The number of para-hydroxylation sites is 2. The molecule has 0 spiro atoms. The van der Waals surface area contributed by atoms with Gasteiger partial charge >= 0.3 is 0 Å². The zero-order chi connectivity index (χ0) is 33.5. The Kier molecular flexibility index (Phi) is 10.5. The summed E-state index contributed by atoms with van der Waals surface area (Å²) in [6.07, 6.45) is 2.78. The van der Waals surface area contributed by atoms with Crippen molar-refractivity contribution in [3.8, 4) is 5.75 Å². The zero-order valence-corrected chi connectivity index (χ0v) is 26.7. The molecule has 0 aliphatic carbocycles. The number of nitrogens with two attached hydrogens (primary N) is 1. The number of anilines is 3. The number of aliphatic hydroxyl groups is 1. The molecule has 11 heteroatoms. The lowest BCUT2D eigenvalue weighted by Gasteiger charge is -2.38. The number of carbonyl (C=O) groups excluding carboxylic acids is 3. The minimum atomic E-state index is -0.418. The molecule has 4 aromatic rings. The number of carbonyl (C=O) groups is 3. The van der Waals surface area contributed by atoms with E-state index in [1.165, 1.54) is 12.4 Å². The molecule has 244 valence electrons. The molecule has 11 nitrogen and oxygen atoms in total. The number of nitrogen functional groups attached to an aromatic ring is 1. The number of nitrogens with one attached hydrogen (secondary N) is 2. The van der Waals surface area contributed by atoms with Crippen molar-refractivity contribution in [2.24, 2.45) is 5.92 Å². The summed E-state index contributed by atoms with van der Waals surface area (Å²) in [6.45, 7) is 5.17. The topological polar surface area (TPSA) is 150 Å². The maximum absolute atomic E-state index is 13.8. The second-order valence-corrected chi connectivity index (χ2v) is 12.0. The maximum atomic E-state index is 13.8. The van der Waals surface area contributed by atoms with Gasteiger partial charge in [0.1, 0.15) is 11.9 Å². The predicted octanol–water partition coefficient (Wildman–Crippen LogP) is 4.52. The number of pyridine rings is 1. The van der Waals surface area contributed by atoms with Gasteiger partial charge in [0, 0.05) is 54.8 Å². The normalized spacial score (nSPS) is 16.8. The highest BCUT2D eigenvalue weighted by molar-refractivity contribution is 6.06. The molecule has 0 saturated heterocycles. The number of nitrogens with zero attached hydrogens (tertiary/aromatic N) is 3. The summed E-state index contributed by atoms with van der Waals surface area (Å²) in [6, 6.07) is 22.4. The van der Waals surface area contributed by atoms with E-state index < -0.39 is 6.04 Å². The van der Waals surface area contributed by atoms with Gasteiger partial charge in [-0.3, -0.25) is 24.3 Å². The van der Waals surface area contributed by atoms with Crippen LogP contribution in [-0.4, -0.2) is 76.5 Å². The number of aromatic nitrogens is 1. The van der Waals surface area contributed by atoms with Crippen molar-refractivity contribution in [2.45, 2.75) is 32.5 Å². The minimum absolute atomic E-state index is 0.0638. The van der Waals surface area contributed by atoms with E-state index in [1.54, 1.807) is 59.5 Å². The fourth-order valence-corrected chi connectivity index (χ4v) is 5.48. The third-order valence-corrected chi connectivity index (χ3v) is 8.23. The van der Waals surface area contributed by atoms with Crippen molar-refractivity contribution in [3.63, 3.8) is 0 Å². The van der Waals surface area contributed by atoms with Gasteiger partial charge in [0.15, 0.2) is 0 Å². The van der Waals surface area contributed by atoms with Crippen molar-refractivity contribution in [1.82, 2.24) is 14.8 Å². The number of fused-ring (bicyclic) bond motifs is 1. The van der Waals surface area contributed by atoms with Crippen LogP contribution in [0.25, 0.3) is 0 Å². The molecule has 0 unspecified atom stereocenters. The van der Waals surface area contributed by atoms with Crippen LogP contribution in [0.5, 0.6) is 5.75 Å². The van der Waals surface area contributed by atoms with E-state index in [2.05, 4.69) is 20.5 Å². The van der Waals surface area contributed by atoms with E-state index in [-0.39, 0.29) is 36.4 Å².